The van der Waals surface area contributed by atoms with Crippen LogP contribution in [0.15, 0.2) is 11.8 Å². The van der Waals surface area contributed by atoms with Gasteiger partial charge in [-0.3, -0.25) is 4.79 Å². The van der Waals surface area contributed by atoms with Gasteiger partial charge in [0.15, 0.2) is 0 Å². The normalized spacial score (nSPS) is 11.2. The lowest BCUT2D eigenvalue weighted by Crippen LogP contribution is -2.34. The largest absolute Gasteiger partial charge is 0.469 e. The van der Waals surface area contributed by atoms with E-state index >= 15 is 0 Å². The molecule has 0 saturated heterocycles. The van der Waals surface area contributed by atoms with Gasteiger partial charge in [0, 0.05) is 12.7 Å². The number of carbonyl (C=O) groups is 2. The molecule has 2 N–H and O–H groups in total. The fourth-order valence-corrected chi connectivity index (χ4v) is 0.777. The number of methoxy groups -OCH3 is 1. The van der Waals surface area contributed by atoms with Gasteiger partial charge in [-0.1, -0.05) is 19.4 Å². The molecule has 16 heavy (non-hydrogen) atoms. The Morgan fingerprint density at radius 1 is 1.38 bits per heavy atom. The first kappa shape index (κ1) is 14.5. The third-order valence-corrected chi connectivity index (χ3v) is 2.18. The Kier molecular flexibility index (Phi) is 7.00. The van der Waals surface area contributed by atoms with Crippen molar-refractivity contribution < 1.29 is 14.3 Å². The smallest absolute Gasteiger partial charge is 0.318 e. The molecular weight excluding hydrogens is 208 g/mol. The van der Waals surface area contributed by atoms with Crippen LogP contribution in [0, 0.1) is 5.92 Å². The Hall–Kier alpha value is -1.52. The minimum absolute atomic E-state index is 0.177. The average Bonchev–Trinajstić information content (AvgIpc) is 2.25. The molecule has 2 amide bonds. The van der Waals surface area contributed by atoms with E-state index in [1.165, 1.54) is 7.11 Å². The van der Waals surface area contributed by atoms with Crippen molar-refractivity contribution >= 4 is 12.0 Å². The van der Waals surface area contributed by atoms with Gasteiger partial charge >= 0.3 is 12.0 Å². The molecule has 0 spiro atoms. The predicted octanol–water partition coefficient (Wildman–Crippen LogP) is 1.41. The van der Waals surface area contributed by atoms with Crippen LogP contribution in [0.2, 0.25) is 0 Å². The van der Waals surface area contributed by atoms with Gasteiger partial charge in [-0.05, 0) is 12.8 Å². The van der Waals surface area contributed by atoms with Gasteiger partial charge in [-0.25, -0.2) is 4.79 Å². The summed E-state index contributed by atoms with van der Waals surface area (Å²) in [5, 5.41) is 5.14. The third-order valence-electron chi connectivity index (χ3n) is 2.18. The van der Waals surface area contributed by atoms with Crippen LogP contribution >= 0.6 is 0 Å². The van der Waals surface area contributed by atoms with Crippen LogP contribution < -0.4 is 10.6 Å². The Labute approximate surface area is 96.2 Å². The maximum absolute atomic E-state index is 11.2. The Morgan fingerprint density at radius 3 is 2.50 bits per heavy atom. The van der Waals surface area contributed by atoms with Gasteiger partial charge in [0.1, 0.15) is 0 Å². The van der Waals surface area contributed by atoms with Crippen molar-refractivity contribution in [2.45, 2.75) is 27.2 Å². The summed E-state index contributed by atoms with van der Waals surface area (Å²) in [7, 11) is 1.32. The molecular formula is C11H20N2O3. The quantitative estimate of drug-likeness (QED) is 0.699. The minimum Gasteiger partial charge on any atom is -0.469 e. The zero-order chi connectivity index (χ0) is 12.6. The highest BCUT2D eigenvalue weighted by Crippen LogP contribution is 2.05. The maximum Gasteiger partial charge on any atom is 0.318 e. The van der Waals surface area contributed by atoms with E-state index in [0.717, 1.165) is 5.57 Å². The van der Waals surface area contributed by atoms with Gasteiger partial charge in [-0.2, -0.15) is 0 Å². The van der Waals surface area contributed by atoms with Crippen molar-refractivity contribution in [2.24, 2.45) is 5.92 Å². The number of carbonyl (C=O) groups excluding carboxylic acids is 2. The fraction of sp³-hybridized carbons (Fsp3) is 0.636. The molecule has 0 aliphatic carbocycles. The molecule has 0 aliphatic heterocycles. The van der Waals surface area contributed by atoms with Crippen LogP contribution in [0.4, 0.5) is 4.79 Å². The summed E-state index contributed by atoms with van der Waals surface area (Å²) in [4.78, 5) is 22.0. The van der Waals surface area contributed by atoms with E-state index < -0.39 is 0 Å². The molecule has 0 heterocycles. The summed E-state index contributed by atoms with van der Waals surface area (Å²) in [5.41, 5.74) is 1.09. The van der Waals surface area contributed by atoms with Gasteiger partial charge < -0.3 is 15.4 Å². The standard InChI is InChI=1S/C11H20N2O3/c1-8(2)9(3)7-13-11(15)12-6-5-10(14)16-4/h7-8H,5-6H2,1-4H3,(H2,12,13,15)/b9-7+. The van der Waals surface area contributed by atoms with Gasteiger partial charge in [0.05, 0.1) is 13.5 Å². The van der Waals surface area contributed by atoms with Crippen molar-refractivity contribution in [3.05, 3.63) is 11.8 Å². The molecule has 0 unspecified atom stereocenters. The second-order valence-corrected chi connectivity index (χ2v) is 3.77. The summed E-state index contributed by atoms with van der Waals surface area (Å²) >= 11 is 0. The zero-order valence-corrected chi connectivity index (χ0v) is 10.3. The number of ether oxygens (including phenoxy) is 1. The van der Waals surface area contributed by atoms with Crippen LogP contribution in [0.1, 0.15) is 27.2 Å². The highest BCUT2D eigenvalue weighted by atomic mass is 16.5. The molecule has 0 aromatic heterocycles. The molecule has 0 aliphatic rings. The molecule has 0 saturated carbocycles. The van der Waals surface area contributed by atoms with Crippen LogP contribution in [0.25, 0.3) is 0 Å². The number of rotatable bonds is 5. The number of urea groups is 1. The van der Waals surface area contributed by atoms with Crippen molar-refractivity contribution in [1.82, 2.24) is 10.6 Å². The molecule has 0 aromatic rings. The van der Waals surface area contributed by atoms with Crippen molar-refractivity contribution in [3.63, 3.8) is 0 Å². The van der Waals surface area contributed by atoms with E-state index in [2.05, 4.69) is 15.4 Å². The summed E-state index contributed by atoms with van der Waals surface area (Å²) in [6.07, 6.45) is 1.84. The number of amides is 2. The third kappa shape index (κ3) is 6.86. The van der Waals surface area contributed by atoms with Gasteiger partial charge in [-0.15, -0.1) is 0 Å². The summed E-state index contributed by atoms with van der Waals surface area (Å²) in [6, 6.07) is -0.316. The highest BCUT2D eigenvalue weighted by Gasteiger charge is 2.02. The summed E-state index contributed by atoms with van der Waals surface area (Å²) in [5.74, 6) is 0.0598. The van der Waals surface area contributed by atoms with Crippen LogP contribution in [-0.2, 0) is 9.53 Å². The van der Waals surface area contributed by atoms with Crippen molar-refractivity contribution in [1.29, 1.82) is 0 Å². The number of hydrogen-bond donors (Lipinski definition) is 2. The molecule has 0 fully saturated rings. The average molecular weight is 228 g/mol. The lowest BCUT2D eigenvalue weighted by atomic mass is 10.1. The van der Waals surface area contributed by atoms with Crippen LogP contribution in [0.5, 0.6) is 0 Å². The molecule has 0 bridgehead atoms. The number of nitrogens with one attached hydrogen (secondary N) is 2. The Bertz CT molecular complexity index is 272. The van der Waals surface area contributed by atoms with E-state index in [1.54, 1.807) is 6.20 Å². The fourth-order valence-electron chi connectivity index (χ4n) is 0.777. The van der Waals surface area contributed by atoms with E-state index in [0.29, 0.717) is 5.92 Å². The Morgan fingerprint density at radius 2 is 2.00 bits per heavy atom. The van der Waals surface area contributed by atoms with Crippen molar-refractivity contribution in [3.8, 4) is 0 Å². The van der Waals surface area contributed by atoms with Gasteiger partial charge in [0.2, 0.25) is 0 Å². The molecule has 0 rings (SSSR count). The first-order chi connectivity index (χ1) is 7.47. The molecule has 5 heteroatoms. The van der Waals surface area contributed by atoms with Crippen molar-refractivity contribution in [2.75, 3.05) is 13.7 Å². The lowest BCUT2D eigenvalue weighted by molar-refractivity contribution is -0.140. The molecule has 5 nitrogen and oxygen atoms in total. The SMILES string of the molecule is COC(=O)CCNC(=O)N/C=C(\C)C(C)C. The zero-order valence-electron chi connectivity index (χ0n) is 10.3. The first-order valence-electron chi connectivity index (χ1n) is 5.25. The monoisotopic (exact) mass is 228 g/mol. The van der Waals surface area contributed by atoms with E-state index in [4.69, 9.17) is 0 Å². The van der Waals surface area contributed by atoms with E-state index in [1.807, 2.05) is 20.8 Å². The second-order valence-electron chi connectivity index (χ2n) is 3.77. The van der Waals surface area contributed by atoms with Crippen LogP contribution in [-0.4, -0.2) is 25.7 Å². The number of hydrogen-bond acceptors (Lipinski definition) is 3. The molecule has 0 atom stereocenters. The molecule has 0 radical (unpaired) electrons. The van der Waals surface area contributed by atoms with E-state index in [-0.39, 0.29) is 25.0 Å². The lowest BCUT2D eigenvalue weighted by Gasteiger charge is -2.07. The number of esters is 1. The first-order valence-corrected chi connectivity index (χ1v) is 5.25. The molecule has 0 aromatic carbocycles. The predicted molar refractivity (Wildman–Crippen MR) is 61.8 cm³/mol. The van der Waals surface area contributed by atoms with E-state index in [9.17, 15) is 9.59 Å². The maximum atomic E-state index is 11.2. The minimum atomic E-state index is -0.339. The summed E-state index contributed by atoms with van der Waals surface area (Å²) in [6.45, 7) is 6.30. The van der Waals surface area contributed by atoms with Gasteiger partial charge in [0.25, 0.3) is 0 Å². The highest BCUT2D eigenvalue weighted by molar-refractivity contribution is 5.76. The topological polar surface area (TPSA) is 67.4 Å². The van der Waals surface area contributed by atoms with Crippen LogP contribution in [0.3, 0.4) is 0 Å². The number of allylic oxidation sites excluding steroid dienone is 1. The Balaban J connectivity index is 3.75. The summed E-state index contributed by atoms with van der Waals surface area (Å²) < 4.78 is 4.44. The second kappa shape index (κ2) is 7.73. The molecule has 92 valence electrons.